The highest BCUT2D eigenvalue weighted by Gasteiger charge is 2.15. The number of nitrogens with zero attached hydrogens (tertiary/aromatic N) is 1. The van der Waals surface area contributed by atoms with Crippen LogP contribution in [-0.2, 0) is 23.9 Å². The third kappa shape index (κ3) is 39.2. The molecular weight excluding hydrogens is 701 g/mol. The third-order valence-electron chi connectivity index (χ3n) is 11.3. The Morgan fingerprint density at radius 2 is 0.821 bits per heavy atom. The van der Waals surface area contributed by atoms with Gasteiger partial charge in [-0.15, -0.1) is 0 Å². The van der Waals surface area contributed by atoms with Crippen LogP contribution < -0.4 is 5.73 Å². The molecule has 8 heteroatoms. The van der Waals surface area contributed by atoms with E-state index in [1.807, 2.05) is 0 Å². The van der Waals surface area contributed by atoms with Crippen LogP contribution in [0.25, 0.3) is 0 Å². The fraction of sp³-hybridized carbons (Fsp3) is 0.938. The van der Waals surface area contributed by atoms with E-state index < -0.39 is 12.0 Å². The van der Waals surface area contributed by atoms with Gasteiger partial charge in [0.15, 0.2) is 0 Å². The Balaban J connectivity index is 4.35. The molecule has 0 aromatic carbocycles. The molecule has 0 aliphatic heterocycles. The number of carbonyl (C=O) groups excluding carboxylic acids is 2. The highest BCUT2D eigenvalue weighted by Crippen LogP contribution is 2.19. The second kappa shape index (κ2) is 42.9. The molecule has 3 N–H and O–H groups in total. The third-order valence-corrected chi connectivity index (χ3v) is 11.3. The number of ether oxygens (including phenoxy) is 2. The van der Waals surface area contributed by atoms with Gasteiger partial charge in [-0.25, -0.2) is 0 Å². The molecule has 8 nitrogen and oxygen atoms in total. The number of rotatable bonds is 45. The Morgan fingerprint density at radius 1 is 0.464 bits per heavy atom. The molecule has 0 saturated heterocycles. The summed E-state index contributed by atoms with van der Waals surface area (Å²) >= 11 is 0. The van der Waals surface area contributed by atoms with Crippen molar-refractivity contribution >= 4 is 17.9 Å². The Kier molecular flexibility index (Phi) is 41.6. The van der Waals surface area contributed by atoms with Crippen molar-refractivity contribution in [3.05, 3.63) is 0 Å². The van der Waals surface area contributed by atoms with E-state index in [2.05, 4.69) is 25.7 Å². The lowest BCUT2D eigenvalue weighted by molar-refractivity contribution is -0.150. The number of carbonyl (C=O) groups is 3. The minimum atomic E-state index is -0.919. The van der Waals surface area contributed by atoms with Crippen LogP contribution in [0.15, 0.2) is 0 Å². The zero-order valence-electron chi connectivity index (χ0n) is 37.5. The highest BCUT2D eigenvalue weighted by atomic mass is 16.5. The lowest BCUT2D eigenvalue weighted by Gasteiger charge is -2.22. The number of nitrogens with two attached hydrogens (primary N) is 1. The summed E-state index contributed by atoms with van der Waals surface area (Å²) in [6.07, 6.45) is 40.1. The first-order valence-electron chi connectivity index (χ1n) is 24.4. The summed E-state index contributed by atoms with van der Waals surface area (Å²) in [6, 6.07) is -0.773. The molecule has 0 fully saturated rings. The zero-order chi connectivity index (χ0) is 41.2. The van der Waals surface area contributed by atoms with Crippen LogP contribution in [-0.4, -0.2) is 66.3 Å². The SMILES string of the molecule is CCCCCCCCCOC(=O)CCCCCCCN(CCCCCCCC(=O)OC(CCCCCCCC)CCCCCCCC)CCCCC(N)C(=O)O. The van der Waals surface area contributed by atoms with Crippen molar-refractivity contribution in [2.45, 2.75) is 264 Å². The second-order valence-corrected chi connectivity index (χ2v) is 16.9. The Hall–Kier alpha value is -1.67. The smallest absolute Gasteiger partial charge is 0.320 e. The van der Waals surface area contributed by atoms with Crippen LogP contribution in [0.4, 0.5) is 0 Å². The zero-order valence-corrected chi connectivity index (χ0v) is 37.5. The molecule has 0 aromatic heterocycles. The number of carboxylic acid groups (broad SMARTS) is 1. The van der Waals surface area contributed by atoms with Gasteiger partial charge >= 0.3 is 17.9 Å². The van der Waals surface area contributed by atoms with Crippen molar-refractivity contribution < 1.29 is 29.0 Å². The molecular formula is C48H94N2O6. The van der Waals surface area contributed by atoms with Gasteiger partial charge in [0.2, 0.25) is 0 Å². The molecule has 1 unspecified atom stereocenters. The Morgan fingerprint density at radius 3 is 1.29 bits per heavy atom. The average molecular weight is 795 g/mol. The maximum absolute atomic E-state index is 12.8. The first kappa shape index (κ1) is 54.3. The molecule has 0 spiro atoms. The van der Waals surface area contributed by atoms with E-state index in [0.717, 1.165) is 122 Å². The monoisotopic (exact) mass is 795 g/mol. The van der Waals surface area contributed by atoms with E-state index in [1.165, 1.54) is 109 Å². The molecule has 0 amide bonds. The van der Waals surface area contributed by atoms with Gasteiger partial charge in [0.05, 0.1) is 6.61 Å². The topological polar surface area (TPSA) is 119 Å². The van der Waals surface area contributed by atoms with E-state index >= 15 is 0 Å². The molecule has 0 radical (unpaired) electrons. The normalized spacial score (nSPS) is 12.1. The summed E-state index contributed by atoms with van der Waals surface area (Å²) in [5.74, 6) is -0.965. The van der Waals surface area contributed by atoms with Gasteiger partial charge in [-0.1, -0.05) is 168 Å². The fourth-order valence-corrected chi connectivity index (χ4v) is 7.56. The van der Waals surface area contributed by atoms with Crippen molar-refractivity contribution in [1.29, 1.82) is 0 Å². The standard InChI is InChI=1S/C48H94N2O6/c1-4-7-10-13-16-25-34-43-55-46(51)38-28-21-17-23-31-40-50(42-33-30-37-45(49)48(53)54)41-32-24-18-22-29-39-47(52)56-44(35-26-19-14-11-8-5-2)36-27-20-15-12-9-6-3/h44-45H,4-43,49H2,1-3H3,(H,53,54). The number of aliphatic carboxylic acids is 1. The van der Waals surface area contributed by atoms with Gasteiger partial charge in [0, 0.05) is 12.8 Å². The molecule has 0 saturated carbocycles. The predicted molar refractivity (Wildman–Crippen MR) is 236 cm³/mol. The van der Waals surface area contributed by atoms with Gasteiger partial charge in [0.1, 0.15) is 12.1 Å². The quantitative estimate of drug-likeness (QED) is 0.0462. The molecule has 0 aliphatic rings. The van der Waals surface area contributed by atoms with Gasteiger partial charge in [-0.05, 0) is 90.3 Å². The maximum atomic E-state index is 12.8. The summed E-state index contributed by atoms with van der Waals surface area (Å²) in [5.41, 5.74) is 5.73. The maximum Gasteiger partial charge on any atom is 0.320 e. The van der Waals surface area contributed by atoms with Crippen LogP contribution >= 0.6 is 0 Å². The lowest BCUT2D eigenvalue weighted by Crippen LogP contribution is -2.31. The van der Waals surface area contributed by atoms with Gasteiger partial charge in [0.25, 0.3) is 0 Å². The van der Waals surface area contributed by atoms with Crippen LogP contribution in [0.2, 0.25) is 0 Å². The molecule has 0 aliphatic carbocycles. The van der Waals surface area contributed by atoms with Crippen molar-refractivity contribution in [2.24, 2.45) is 5.73 Å². The first-order chi connectivity index (χ1) is 27.3. The fourth-order valence-electron chi connectivity index (χ4n) is 7.56. The van der Waals surface area contributed by atoms with E-state index in [4.69, 9.17) is 20.3 Å². The van der Waals surface area contributed by atoms with E-state index in [9.17, 15) is 14.4 Å². The van der Waals surface area contributed by atoms with Gasteiger partial charge < -0.3 is 25.2 Å². The molecule has 332 valence electrons. The predicted octanol–water partition coefficient (Wildman–Crippen LogP) is 13.3. The molecule has 1 atom stereocenters. The average Bonchev–Trinajstić information content (AvgIpc) is 3.18. The van der Waals surface area contributed by atoms with Crippen LogP contribution in [0.3, 0.4) is 0 Å². The summed E-state index contributed by atoms with van der Waals surface area (Å²) in [6.45, 7) is 10.4. The molecule has 0 bridgehead atoms. The minimum Gasteiger partial charge on any atom is -0.480 e. The minimum absolute atomic E-state index is 0.000470. The Bertz CT molecular complexity index is 855. The molecule has 0 aromatic rings. The lowest BCUT2D eigenvalue weighted by atomic mass is 10.0. The second-order valence-electron chi connectivity index (χ2n) is 16.9. The number of hydrogen-bond acceptors (Lipinski definition) is 7. The number of esters is 2. The number of carboxylic acids is 1. The largest absolute Gasteiger partial charge is 0.480 e. The highest BCUT2D eigenvalue weighted by molar-refractivity contribution is 5.73. The number of unbranched alkanes of at least 4 members (excludes halogenated alkanes) is 25. The van der Waals surface area contributed by atoms with Crippen molar-refractivity contribution in [2.75, 3.05) is 26.2 Å². The summed E-state index contributed by atoms with van der Waals surface area (Å²) in [4.78, 5) is 38.5. The van der Waals surface area contributed by atoms with E-state index in [-0.39, 0.29) is 18.0 Å². The van der Waals surface area contributed by atoms with E-state index in [1.54, 1.807) is 0 Å². The van der Waals surface area contributed by atoms with Gasteiger partial charge in [-0.2, -0.15) is 0 Å². The van der Waals surface area contributed by atoms with E-state index in [0.29, 0.717) is 25.9 Å². The van der Waals surface area contributed by atoms with Gasteiger partial charge in [-0.3, -0.25) is 14.4 Å². The molecule has 56 heavy (non-hydrogen) atoms. The van der Waals surface area contributed by atoms with Crippen molar-refractivity contribution in [1.82, 2.24) is 4.90 Å². The van der Waals surface area contributed by atoms with Crippen molar-refractivity contribution in [3.63, 3.8) is 0 Å². The Labute approximate surface area is 346 Å². The van der Waals surface area contributed by atoms with Crippen LogP contribution in [0.5, 0.6) is 0 Å². The summed E-state index contributed by atoms with van der Waals surface area (Å²) in [5, 5.41) is 9.12. The number of hydrogen-bond donors (Lipinski definition) is 2. The molecule has 0 rings (SSSR count). The van der Waals surface area contributed by atoms with Crippen molar-refractivity contribution in [3.8, 4) is 0 Å². The van der Waals surface area contributed by atoms with Crippen LogP contribution in [0.1, 0.15) is 252 Å². The molecule has 0 heterocycles. The van der Waals surface area contributed by atoms with Crippen LogP contribution in [0, 0.1) is 0 Å². The summed E-state index contributed by atoms with van der Waals surface area (Å²) < 4.78 is 11.5. The first-order valence-corrected chi connectivity index (χ1v) is 24.4. The summed E-state index contributed by atoms with van der Waals surface area (Å²) in [7, 11) is 0.